The summed E-state index contributed by atoms with van der Waals surface area (Å²) in [5, 5.41) is 1.05. The minimum atomic E-state index is 0.249. The minimum absolute atomic E-state index is 0.249. The van der Waals surface area contributed by atoms with Gasteiger partial charge in [-0.05, 0) is 41.9 Å². The summed E-state index contributed by atoms with van der Waals surface area (Å²) in [6.07, 6.45) is 2.18. The average molecular weight is 243 g/mol. The summed E-state index contributed by atoms with van der Waals surface area (Å²) in [5.74, 6) is 0.665. The van der Waals surface area contributed by atoms with Gasteiger partial charge < -0.3 is 0 Å². The molecule has 0 radical (unpaired) electrons. The van der Waals surface area contributed by atoms with Gasteiger partial charge >= 0.3 is 0 Å². The Labute approximate surface area is 102 Å². The summed E-state index contributed by atoms with van der Waals surface area (Å²) in [7, 11) is 0. The highest BCUT2D eigenvalue weighted by Crippen LogP contribution is 2.55. The SMILES string of the molecule is CC1(C)CC1C(Cl)Cc1cccc(Cl)c1. The molecular formula is C13H16Cl2. The van der Waals surface area contributed by atoms with Crippen LogP contribution in [-0.4, -0.2) is 5.38 Å². The van der Waals surface area contributed by atoms with Crippen molar-refractivity contribution >= 4 is 23.2 Å². The van der Waals surface area contributed by atoms with Crippen molar-refractivity contribution in [1.29, 1.82) is 0 Å². The highest BCUT2D eigenvalue weighted by Gasteiger charge is 2.49. The Bertz CT molecular complexity index is 357. The van der Waals surface area contributed by atoms with Gasteiger partial charge in [0.15, 0.2) is 0 Å². The van der Waals surface area contributed by atoms with E-state index >= 15 is 0 Å². The third-order valence-corrected chi connectivity index (χ3v) is 4.04. The molecule has 1 aromatic rings. The van der Waals surface area contributed by atoms with E-state index in [1.54, 1.807) is 0 Å². The normalized spacial score (nSPS) is 24.9. The van der Waals surface area contributed by atoms with Crippen LogP contribution in [0.3, 0.4) is 0 Å². The molecule has 15 heavy (non-hydrogen) atoms. The van der Waals surface area contributed by atoms with Crippen LogP contribution < -0.4 is 0 Å². The highest BCUT2D eigenvalue weighted by atomic mass is 35.5. The Hall–Kier alpha value is -0.200. The molecule has 1 aliphatic rings. The number of halogens is 2. The number of benzene rings is 1. The highest BCUT2D eigenvalue weighted by molar-refractivity contribution is 6.30. The van der Waals surface area contributed by atoms with Crippen molar-refractivity contribution in [1.82, 2.24) is 0 Å². The molecule has 82 valence electrons. The van der Waals surface area contributed by atoms with E-state index in [1.165, 1.54) is 12.0 Å². The van der Waals surface area contributed by atoms with Crippen LogP contribution in [0.5, 0.6) is 0 Å². The second kappa shape index (κ2) is 3.99. The fourth-order valence-electron chi connectivity index (χ4n) is 2.16. The lowest BCUT2D eigenvalue weighted by molar-refractivity contribution is 0.538. The molecule has 0 saturated heterocycles. The van der Waals surface area contributed by atoms with Crippen LogP contribution >= 0.6 is 23.2 Å². The van der Waals surface area contributed by atoms with E-state index in [0.29, 0.717) is 11.3 Å². The molecular weight excluding hydrogens is 227 g/mol. The zero-order chi connectivity index (χ0) is 11.1. The number of rotatable bonds is 3. The van der Waals surface area contributed by atoms with Crippen molar-refractivity contribution in [2.45, 2.75) is 32.1 Å². The molecule has 2 rings (SSSR count). The molecule has 0 aliphatic heterocycles. The first kappa shape index (κ1) is 11.3. The summed E-state index contributed by atoms with van der Waals surface area (Å²) in [6, 6.07) is 7.98. The van der Waals surface area contributed by atoms with Crippen LogP contribution in [0, 0.1) is 11.3 Å². The molecule has 0 bridgehead atoms. The van der Waals surface area contributed by atoms with Crippen molar-refractivity contribution in [2.24, 2.45) is 11.3 Å². The molecule has 0 aromatic heterocycles. The van der Waals surface area contributed by atoms with Gasteiger partial charge in [0.2, 0.25) is 0 Å². The smallest absolute Gasteiger partial charge is 0.0409 e. The maximum Gasteiger partial charge on any atom is 0.0409 e. The standard InChI is InChI=1S/C13H16Cl2/c1-13(2)8-11(13)12(15)7-9-4-3-5-10(14)6-9/h3-6,11-12H,7-8H2,1-2H3. The van der Waals surface area contributed by atoms with E-state index in [4.69, 9.17) is 23.2 Å². The Morgan fingerprint density at radius 1 is 1.47 bits per heavy atom. The van der Waals surface area contributed by atoms with E-state index in [1.807, 2.05) is 18.2 Å². The van der Waals surface area contributed by atoms with Crippen LogP contribution in [0.2, 0.25) is 5.02 Å². The zero-order valence-corrected chi connectivity index (χ0v) is 10.6. The molecule has 0 amide bonds. The van der Waals surface area contributed by atoms with Crippen molar-refractivity contribution in [3.63, 3.8) is 0 Å². The Morgan fingerprint density at radius 3 is 2.67 bits per heavy atom. The van der Waals surface area contributed by atoms with Crippen molar-refractivity contribution in [3.05, 3.63) is 34.9 Å². The van der Waals surface area contributed by atoms with Crippen LogP contribution in [0.15, 0.2) is 24.3 Å². The van der Waals surface area contributed by atoms with Crippen LogP contribution in [0.1, 0.15) is 25.8 Å². The molecule has 1 aliphatic carbocycles. The lowest BCUT2D eigenvalue weighted by atomic mass is 10.0. The third kappa shape index (κ3) is 2.68. The Morgan fingerprint density at radius 2 is 2.13 bits per heavy atom. The molecule has 1 fully saturated rings. The first-order valence-electron chi connectivity index (χ1n) is 5.37. The van der Waals surface area contributed by atoms with Gasteiger partial charge in [0.25, 0.3) is 0 Å². The van der Waals surface area contributed by atoms with E-state index in [9.17, 15) is 0 Å². The lowest BCUT2D eigenvalue weighted by Crippen LogP contribution is -2.09. The van der Waals surface area contributed by atoms with Gasteiger partial charge in [-0.3, -0.25) is 0 Å². The molecule has 0 heterocycles. The molecule has 1 aromatic carbocycles. The Kier molecular flexibility index (Phi) is 3.00. The maximum atomic E-state index is 6.41. The fourth-order valence-corrected chi connectivity index (χ4v) is 2.98. The van der Waals surface area contributed by atoms with Gasteiger partial charge in [-0.25, -0.2) is 0 Å². The molecule has 0 spiro atoms. The first-order valence-corrected chi connectivity index (χ1v) is 6.19. The molecule has 1 saturated carbocycles. The molecule has 0 nitrogen and oxygen atoms in total. The van der Waals surface area contributed by atoms with Crippen LogP contribution in [0.4, 0.5) is 0 Å². The summed E-state index contributed by atoms with van der Waals surface area (Å²) in [5.41, 5.74) is 1.69. The van der Waals surface area contributed by atoms with E-state index in [2.05, 4.69) is 19.9 Å². The number of hydrogen-bond donors (Lipinski definition) is 0. The quantitative estimate of drug-likeness (QED) is 0.684. The number of alkyl halides is 1. The van der Waals surface area contributed by atoms with E-state index in [-0.39, 0.29) is 5.38 Å². The van der Waals surface area contributed by atoms with E-state index < -0.39 is 0 Å². The predicted molar refractivity (Wildman–Crippen MR) is 66.7 cm³/mol. The Balaban J connectivity index is 1.98. The molecule has 0 N–H and O–H groups in total. The second-order valence-corrected chi connectivity index (χ2v) is 6.15. The average Bonchev–Trinajstić information content (AvgIpc) is 2.75. The maximum absolute atomic E-state index is 6.41. The largest absolute Gasteiger partial charge is 0.122 e. The van der Waals surface area contributed by atoms with Crippen molar-refractivity contribution in [2.75, 3.05) is 0 Å². The van der Waals surface area contributed by atoms with E-state index in [0.717, 1.165) is 11.4 Å². The van der Waals surface area contributed by atoms with Gasteiger partial charge in [-0.15, -0.1) is 11.6 Å². The van der Waals surface area contributed by atoms with Gasteiger partial charge in [0, 0.05) is 10.4 Å². The summed E-state index contributed by atoms with van der Waals surface area (Å²) >= 11 is 12.3. The number of hydrogen-bond acceptors (Lipinski definition) is 0. The van der Waals surface area contributed by atoms with Crippen LogP contribution in [0.25, 0.3) is 0 Å². The monoisotopic (exact) mass is 242 g/mol. The van der Waals surface area contributed by atoms with Crippen LogP contribution in [-0.2, 0) is 6.42 Å². The topological polar surface area (TPSA) is 0 Å². The zero-order valence-electron chi connectivity index (χ0n) is 9.13. The summed E-state index contributed by atoms with van der Waals surface area (Å²) in [6.45, 7) is 4.57. The molecule has 2 heteroatoms. The fraction of sp³-hybridized carbons (Fsp3) is 0.538. The summed E-state index contributed by atoms with van der Waals surface area (Å²) < 4.78 is 0. The van der Waals surface area contributed by atoms with Gasteiger partial charge in [-0.2, -0.15) is 0 Å². The lowest BCUT2D eigenvalue weighted by Gasteiger charge is -2.11. The summed E-state index contributed by atoms with van der Waals surface area (Å²) in [4.78, 5) is 0. The second-order valence-electron chi connectivity index (χ2n) is 5.15. The van der Waals surface area contributed by atoms with Crippen molar-refractivity contribution < 1.29 is 0 Å². The molecule has 2 unspecified atom stereocenters. The molecule has 2 atom stereocenters. The third-order valence-electron chi connectivity index (χ3n) is 3.35. The van der Waals surface area contributed by atoms with Gasteiger partial charge in [0.1, 0.15) is 0 Å². The van der Waals surface area contributed by atoms with Crippen molar-refractivity contribution in [3.8, 4) is 0 Å². The van der Waals surface area contributed by atoms with Gasteiger partial charge in [-0.1, -0.05) is 37.6 Å². The minimum Gasteiger partial charge on any atom is -0.122 e. The predicted octanol–water partition coefficient (Wildman–Crippen LogP) is 4.54. The first-order chi connectivity index (χ1) is 6.99. The van der Waals surface area contributed by atoms with Gasteiger partial charge in [0.05, 0.1) is 0 Å².